The van der Waals surface area contributed by atoms with E-state index < -0.39 is 159 Å². The van der Waals surface area contributed by atoms with Crippen molar-refractivity contribution >= 4 is 11.6 Å². The van der Waals surface area contributed by atoms with Crippen molar-refractivity contribution in [2.45, 2.75) is 0 Å². The highest BCUT2D eigenvalue weighted by Gasteiger charge is 2.10. The first-order chi connectivity index (χ1) is 22.8. The summed E-state index contributed by atoms with van der Waals surface area (Å²) >= 11 is 6.14. The van der Waals surface area contributed by atoms with Crippen molar-refractivity contribution in [1.82, 2.24) is 15.0 Å². The van der Waals surface area contributed by atoms with Crippen LogP contribution in [0.4, 0.5) is 0 Å². The first-order valence-electron chi connectivity index (χ1n) is 17.5. The first-order valence-corrected chi connectivity index (χ1v) is 8.91. The average Bonchev–Trinajstić information content (AvgIpc) is 3.05. The Morgan fingerprint density at radius 2 is 0.742 bits per heavy atom. The van der Waals surface area contributed by atoms with E-state index in [1.165, 1.54) is 0 Å². The summed E-state index contributed by atoms with van der Waals surface area (Å²) in [4.78, 5) is 11.9. The molecule has 0 aliphatic rings. The number of aromatic nitrogens is 3. The summed E-state index contributed by atoms with van der Waals surface area (Å²) in [5, 5.41) is -0.627. The van der Waals surface area contributed by atoms with E-state index in [0.29, 0.717) is 0 Å². The van der Waals surface area contributed by atoms with Crippen LogP contribution in [0, 0.1) is 0 Å². The summed E-state index contributed by atoms with van der Waals surface area (Å²) in [6.45, 7) is 0. The smallest absolute Gasteiger partial charge is 0.208 e. The van der Waals surface area contributed by atoms with Crippen LogP contribution in [0.3, 0.4) is 0 Å². The molecular weight excluding hydrogens is 402 g/mol. The van der Waals surface area contributed by atoms with E-state index >= 15 is 0 Å². The van der Waals surface area contributed by atoms with Gasteiger partial charge in [0.25, 0.3) is 0 Å². The molecule has 5 rings (SSSR count). The quantitative estimate of drug-likeness (QED) is 0.298. The highest BCUT2D eigenvalue weighted by molar-refractivity contribution is 6.28. The van der Waals surface area contributed by atoms with Crippen LogP contribution in [-0.4, -0.2) is 15.0 Å². The monoisotopic (exact) mass is 437 g/mol. The van der Waals surface area contributed by atoms with Crippen LogP contribution in [0.15, 0.2) is 109 Å². The van der Waals surface area contributed by atoms with Gasteiger partial charge in [-0.05, 0) is 33.9 Å². The van der Waals surface area contributed by atoms with Gasteiger partial charge < -0.3 is 0 Å². The maximum Gasteiger partial charge on any atom is 0.226 e. The highest BCUT2D eigenvalue weighted by atomic mass is 35.5. The van der Waals surface area contributed by atoms with E-state index in [0.717, 1.165) is 0 Å². The third kappa shape index (κ3) is 4.23. The van der Waals surface area contributed by atoms with Crippen LogP contribution in [0.5, 0.6) is 0 Å². The second-order valence-electron chi connectivity index (χ2n) is 5.75. The zero-order chi connectivity index (χ0) is 36.7. The summed E-state index contributed by atoms with van der Waals surface area (Å²) in [5.74, 6) is -1.21. The van der Waals surface area contributed by atoms with Crippen molar-refractivity contribution in [3.63, 3.8) is 0 Å². The molecule has 148 valence electrons. The molecule has 4 aromatic carbocycles. The topological polar surface area (TPSA) is 38.7 Å². The number of hydrogen-bond donors (Lipinski definition) is 0. The largest absolute Gasteiger partial charge is 0.226 e. The SMILES string of the molecule is [2H]c1c([2H])c([2H])c(-c2c([2H])c([2H])c(-c3nc(Cl)nc(-c4c([2H])c([2H])c(-c5c([2H])c([2H])c([2H])c([2H])c5[2H])c([2H])c4[2H])n3)c([2H])c2[2H])c([2H])c1[2H]. The molecule has 0 amide bonds. The van der Waals surface area contributed by atoms with Gasteiger partial charge in [-0.2, -0.15) is 9.97 Å². The van der Waals surface area contributed by atoms with E-state index in [2.05, 4.69) is 15.0 Å². The van der Waals surface area contributed by atoms with E-state index in [1.54, 1.807) is 0 Å². The Bertz CT molecular complexity index is 2020. The fourth-order valence-electron chi connectivity index (χ4n) is 2.42. The molecule has 0 N–H and O–H groups in total. The molecule has 5 aromatic rings. The molecular formula is C27H18ClN3. The molecule has 0 aliphatic heterocycles. The molecule has 31 heavy (non-hydrogen) atoms. The first kappa shape index (κ1) is 7.70. The minimum atomic E-state index is -0.820. The Kier molecular flexibility index (Phi) is 2.11. The molecule has 0 saturated carbocycles. The van der Waals surface area contributed by atoms with Crippen molar-refractivity contribution in [2.24, 2.45) is 0 Å². The maximum absolute atomic E-state index is 8.66. The Hall–Kier alpha value is -3.82. The molecule has 3 nitrogen and oxygen atoms in total. The highest BCUT2D eigenvalue weighted by Crippen LogP contribution is 2.27. The maximum atomic E-state index is 8.66. The van der Waals surface area contributed by atoms with Gasteiger partial charge in [0.1, 0.15) is 0 Å². The second-order valence-corrected chi connectivity index (χ2v) is 6.09. The summed E-state index contributed by atoms with van der Waals surface area (Å²) in [6, 6.07) is -14.1. The standard InChI is InChI=1S/C27H18ClN3/c28-27-30-25(23-15-11-21(12-16-23)19-7-3-1-4-8-19)29-26(31-27)24-17-13-22(14-18-24)20-9-5-2-6-10-20/h1-18H/i1D,2D,3D,4D,5D,6D,7D,8D,9D,10D,11D,12D,13D,14D,15D,16D,17D,18D. The predicted octanol–water partition coefficient (Wildman–Crippen LogP) is 7.19. The van der Waals surface area contributed by atoms with Crippen molar-refractivity contribution in [3.8, 4) is 45.0 Å². The van der Waals surface area contributed by atoms with Gasteiger partial charge in [-0.1, -0.05) is 109 Å². The molecule has 1 aromatic heterocycles. The van der Waals surface area contributed by atoms with Gasteiger partial charge in [-0.3, -0.25) is 0 Å². The van der Waals surface area contributed by atoms with Gasteiger partial charge in [0.05, 0.1) is 24.7 Å². The number of benzene rings is 4. The lowest BCUT2D eigenvalue weighted by molar-refractivity contribution is 1.07. The molecule has 4 heteroatoms. The number of hydrogen-bond acceptors (Lipinski definition) is 3. The predicted molar refractivity (Wildman–Crippen MR) is 127 cm³/mol. The van der Waals surface area contributed by atoms with Crippen LogP contribution >= 0.6 is 11.6 Å². The third-order valence-electron chi connectivity index (χ3n) is 3.81. The minimum Gasteiger partial charge on any atom is -0.208 e. The fraction of sp³-hybridized carbons (Fsp3) is 0. The Balaban J connectivity index is 1.77. The van der Waals surface area contributed by atoms with Crippen LogP contribution < -0.4 is 0 Å². The van der Waals surface area contributed by atoms with Gasteiger partial charge in [0, 0.05) is 11.1 Å². The normalized spacial score (nSPS) is 18.9. The van der Waals surface area contributed by atoms with Gasteiger partial charge in [-0.15, -0.1) is 0 Å². The lowest BCUT2D eigenvalue weighted by Crippen LogP contribution is -1.97. The summed E-state index contributed by atoms with van der Waals surface area (Å²) in [7, 11) is 0. The molecule has 0 spiro atoms. The lowest BCUT2D eigenvalue weighted by atomic mass is 10.0. The molecule has 0 fully saturated rings. The van der Waals surface area contributed by atoms with Crippen LogP contribution in [0.25, 0.3) is 45.0 Å². The zero-order valence-electron chi connectivity index (χ0n) is 33.2. The number of nitrogens with zero attached hydrogens (tertiary/aromatic N) is 3. The molecule has 0 atom stereocenters. The van der Waals surface area contributed by atoms with Crippen LogP contribution in [0.2, 0.25) is 5.28 Å². The van der Waals surface area contributed by atoms with Crippen molar-refractivity contribution < 1.29 is 24.7 Å². The number of halogens is 1. The Morgan fingerprint density at radius 3 is 1.13 bits per heavy atom. The van der Waals surface area contributed by atoms with E-state index in [4.69, 9.17) is 36.3 Å². The third-order valence-corrected chi connectivity index (χ3v) is 3.97. The molecule has 0 bridgehead atoms. The molecule has 1 heterocycles. The minimum absolute atomic E-state index is 0.577. The van der Waals surface area contributed by atoms with Crippen molar-refractivity contribution in [3.05, 3.63) is 114 Å². The molecule has 0 radical (unpaired) electrons. The number of rotatable bonds is 4. The van der Waals surface area contributed by atoms with Crippen molar-refractivity contribution in [2.75, 3.05) is 0 Å². The Labute approximate surface area is 211 Å². The zero-order valence-corrected chi connectivity index (χ0v) is 16.0. The molecule has 0 unspecified atom stereocenters. The molecule has 0 saturated heterocycles. The summed E-state index contributed by atoms with van der Waals surface area (Å²) < 4.78 is 150. The van der Waals surface area contributed by atoms with Crippen LogP contribution in [0.1, 0.15) is 24.7 Å². The van der Waals surface area contributed by atoms with E-state index in [9.17, 15) is 0 Å². The lowest BCUT2D eigenvalue weighted by Gasteiger charge is -2.07. The Morgan fingerprint density at radius 1 is 0.419 bits per heavy atom. The van der Waals surface area contributed by atoms with E-state index in [-0.39, 0.29) is 0 Å². The summed E-state index contributed by atoms with van der Waals surface area (Å²) in [5.41, 5.74) is -3.51. The molecule has 0 aliphatic carbocycles. The second kappa shape index (κ2) is 8.50. The van der Waals surface area contributed by atoms with E-state index in [1.807, 2.05) is 0 Å². The van der Waals surface area contributed by atoms with Crippen LogP contribution in [-0.2, 0) is 0 Å². The summed E-state index contributed by atoms with van der Waals surface area (Å²) in [6.07, 6.45) is 0. The average molecular weight is 438 g/mol. The van der Waals surface area contributed by atoms with Gasteiger partial charge >= 0.3 is 0 Å². The van der Waals surface area contributed by atoms with Gasteiger partial charge in [-0.25, -0.2) is 4.98 Å². The van der Waals surface area contributed by atoms with Crippen molar-refractivity contribution in [1.29, 1.82) is 0 Å². The van der Waals surface area contributed by atoms with Gasteiger partial charge in [0.15, 0.2) is 11.6 Å². The van der Waals surface area contributed by atoms with Gasteiger partial charge in [0.2, 0.25) is 5.28 Å². The fourth-order valence-corrected chi connectivity index (χ4v) is 2.58.